The number of hydrogen-bond donors (Lipinski definition) is 1. The van der Waals surface area contributed by atoms with E-state index in [0.29, 0.717) is 11.4 Å². The summed E-state index contributed by atoms with van der Waals surface area (Å²) in [5.74, 6) is -0.589. The lowest BCUT2D eigenvalue weighted by Crippen LogP contribution is -2.29. The second-order valence-corrected chi connectivity index (χ2v) is 5.93. The number of benzene rings is 1. The van der Waals surface area contributed by atoms with Crippen molar-refractivity contribution in [1.29, 1.82) is 0 Å². The predicted molar refractivity (Wildman–Crippen MR) is 100 cm³/mol. The van der Waals surface area contributed by atoms with Crippen LogP contribution in [0.25, 0.3) is 23.0 Å². The van der Waals surface area contributed by atoms with Gasteiger partial charge in [-0.25, -0.2) is 9.07 Å². The number of amides is 1. The van der Waals surface area contributed by atoms with Crippen LogP contribution in [0.2, 0.25) is 0 Å². The van der Waals surface area contributed by atoms with Gasteiger partial charge in [-0.1, -0.05) is 11.2 Å². The Hall–Kier alpha value is -4.21. The summed E-state index contributed by atoms with van der Waals surface area (Å²) < 4.78 is 19.4. The van der Waals surface area contributed by atoms with E-state index >= 15 is 0 Å². The van der Waals surface area contributed by atoms with Gasteiger partial charge in [-0.15, -0.1) is 0 Å². The summed E-state index contributed by atoms with van der Waals surface area (Å²) in [6.45, 7) is -0.367. The fourth-order valence-electron chi connectivity index (χ4n) is 2.52. The molecule has 9 nitrogen and oxygen atoms in total. The van der Waals surface area contributed by atoms with E-state index in [2.05, 4.69) is 25.5 Å². The molecule has 0 radical (unpaired) electrons. The molecule has 0 atom stereocenters. The van der Waals surface area contributed by atoms with Gasteiger partial charge in [0.2, 0.25) is 11.7 Å². The molecule has 1 amide bonds. The summed E-state index contributed by atoms with van der Waals surface area (Å²) >= 11 is 0. The predicted octanol–water partition coefficient (Wildman–Crippen LogP) is 2.13. The fraction of sp³-hybridized carbons (Fsp3) is 0.0526. The van der Waals surface area contributed by atoms with Crippen LogP contribution >= 0.6 is 0 Å². The van der Waals surface area contributed by atoms with E-state index in [1.54, 1.807) is 24.5 Å². The van der Waals surface area contributed by atoms with Gasteiger partial charge in [0.15, 0.2) is 0 Å². The minimum absolute atomic E-state index is 0.0936. The average molecular weight is 392 g/mol. The second kappa shape index (κ2) is 7.80. The molecule has 0 saturated carbocycles. The van der Waals surface area contributed by atoms with Gasteiger partial charge < -0.3 is 9.84 Å². The van der Waals surface area contributed by atoms with E-state index < -0.39 is 17.3 Å². The van der Waals surface area contributed by atoms with E-state index in [-0.39, 0.29) is 23.8 Å². The van der Waals surface area contributed by atoms with E-state index in [0.717, 1.165) is 4.68 Å². The number of aromatic nitrogens is 5. The van der Waals surface area contributed by atoms with Crippen LogP contribution in [0.4, 0.5) is 10.1 Å². The maximum Gasteiger partial charge on any atom is 0.278 e. The molecule has 144 valence electrons. The van der Waals surface area contributed by atoms with E-state index in [1.807, 2.05) is 0 Å². The van der Waals surface area contributed by atoms with Crippen molar-refractivity contribution in [2.24, 2.45) is 0 Å². The van der Waals surface area contributed by atoms with Crippen LogP contribution in [0.3, 0.4) is 0 Å². The van der Waals surface area contributed by atoms with Crippen LogP contribution in [0.5, 0.6) is 0 Å². The van der Waals surface area contributed by atoms with Crippen LogP contribution < -0.4 is 10.9 Å². The quantitative estimate of drug-likeness (QED) is 0.553. The first kappa shape index (κ1) is 18.2. The zero-order chi connectivity index (χ0) is 20.2. The van der Waals surface area contributed by atoms with Gasteiger partial charge in [-0.3, -0.25) is 14.6 Å². The van der Waals surface area contributed by atoms with Crippen molar-refractivity contribution < 1.29 is 13.7 Å². The number of rotatable bonds is 5. The zero-order valence-electron chi connectivity index (χ0n) is 14.8. The smallest absolute Gasteiger partial charge is 0.278 e. The molecule has 0 aliphatic carbocycles. The molecule has 0 fully saturated rings. The van der Waals surface area contributed by atoms with E-state index in [4.69, 9.17) is 4.52 Å². The van der Waals surface area contributed by atoms with Crippen LogP contribution in [0, 0.1) is 5.82 Å². The summed E-state index contributed by atoms with van der Waals surface area (Å²) in [6, 6.07) is 11.5. The highest BCUT2D eigenvalue weighted by Gasteiger charge is 2.14. The third-order valence-corrected chi connectivity index (χ3v) is 3.85. The van der Waals surface area contributed by atoms with Crippen LogP contribution in [0.1, 0.15) is 0 Å². The Bertz CT molecular complexity index is 1220. The molecule has 0 unspecified atom stereocenters. The summed E-state index contributed by atoms with van der Waals surface area (Å²) in [4.78, 5) is 32.4. The minimum Gasteiger partial charge on any atom is -0.332 e. The van der Waals surface area contributed by atoms with Crippen molar-refractivity contribution in [2.75, 3.05) is 5.32 Å². The van der Waals surface area contributed by atoms with Crippen molar-refractivity contribution in [1.82, 2.24) is 24.9 Å². The molecule has 1 N–H and O–H groups in total. The van der Waals surface area contributed by atoms with Crippen molar-refractivity contribution in [3.63, 3.8) is 0 Å². The Morgan fingerprint density at radius 3 is 2.76 bits per heavy atom. The highest BCUT2D eigenvalue weighted by atomic mass is 19.1. The molecule has 1 aromatic carbocycles. The van der Waals surface area contributed by atoms with E-state index in [9.17, 15) is 14.0 Å². The summed E-state index contributed by atoms with van der Waals surface area (Å²) in [5.41, 5.74) is 0.726. The maximum absolute atomic E-state index is 13.2. The fourth-order valence-corrected chi connectivity index (χ4v) is 2.52. The third kappa shape index (κ3) is 4.21. The zero-order valence-corrected chi connectivity index (χ0v) is 14.8. The first-order valence-corrected chi connectivity index (χ1v) is 8.46. The molecule has 10 heteroatoms. The molecule has 0 bridgehead atoms. The number of nitrogens with zero attached hydrogens (tertiary/aromatic N) is 5. The molecular formula is C19H13FN6O3. The van der Waals surface area contributed by atoms with Crippen LogP contribution in [-0.4, -0.2) is 30.8 Å². The number of pyridine rings is 1. The van der Waals surface area contributed by atoms with Crippen molar-refractivity contribution in [3.05, 3.63) is 77.1 Å². The summed E-state index contributed by atoms with van der Waals surface area (Å²) in [7, 11) is 0. The molecule has 0 saturated heterocycles. The highest BCUT2D eigenvalue weighted by Crippen LogP contribution is 2.19. The topological polar surface area (TPSA) is 116 Å². The molecule has 4 aromatic rings. The highest BCUT2D eigenvalue weighted by molar-refractivity contribution is 5.90. The van der Waals surface area contributed by atoms with Crippen molar-refractivity contribution >= 4 is 11.6 Å². The molecular weight excluding hydrogens is 379 g/mol. The number of halogens is 1. The average Bonchev–Trinajstić information content (AvgIpc) is 3.20. The summed E-state index contributed by atoms with van der Waals surface area (Å²) in [6.07, 6.45) is 3.20. The Morgan fingerprint density at radius 2 is 1.97 bits per heavy atom. The number of nitrogens with one attached hydrogen (secondary N) is 1. The number of anilines is 1. The SMILES string of the molecule is O=C(Cn1nc(-c2nc(-c3ccncc3)no2)ccc1=O)Nc1cccc(F)c1. The number of carbonyl (C=O) groups excluding carboxylic acids is 1. The normalized spacial score (nSPS) is 10.7. The minimum atomic E-state index is -0.537. The van der Waals surface area contributed by atoms with Crippen molar-refractivity contribution in [2.45, 2.75) is 6.54 Å². The van der Waals surface area contributed by atoms with Crippen molar-refractivity contribution in [3.8, 4) is 23.0 Å². The monoisotopic (exact) mass is 392 g/mol. The first-order valence-electron chi connectivity index (χ1n) is 8.46. The molecule has 4 rings (SSSR count). The van der Waals surface area contributed by atoms with E-state index in [1.165, 1.54) is 36.4 Å². The lowest BCUT2D eigenvalue weighted by molar-refractivity contribution is -0.117. The van der Waals surface area contributed by atoms with Gasteiger partial charge in [0.1, 0.15) is 18.1 Å². The standard InChI is InChI=1S/C19H13FN6O3/c20-13-2-1-3-14(10-13)22-16(27)11-26-17(28)5-4-15(24-26)19-23-18(25-29-19)12-6-8-21-9-7-12/h1-10H,11H2,(H,22,27). The lowest BCUT2D eigenvalue weighted by Gasteiger charge is -2.07. The number of carbonyl (C=O) groups is 1. The van der Waals surface area contributed by atoms with Crippen LogP contribution in [0.15, 0.2) is 70.2 Å². The molecule has 0 aliphatic heterocycles. The Labute approximate surface area is 162 Å². The van der Waals surface area contributed by atoms with Gasteiger partial charge in [0, 0.05) is 29.7 Å². The number of hydrogen-bond acceptors (Lipinski definition) is 7. The lowest BCUT2D eigenvalue weighted by atomic mass is 10.2. The Kier molecular flexibility index (Phi) is 4.89. The van der Waals surface area contributed by atoms with Gasteiger partial charge in [-0.2, -0.15) is 10.1 Å². The Morgan fingerprint density at radius 1 is 1.14 bits per heavy atom. The van der Waals surface area contributed by atoms with Gasteiger partial charge in [0.05, 0.1) is 0 Å². The Balaban J connectivity index is 1.54. The maximum atomic E-state index is 13.2. The van der Waals surface area contributed by atoms with Gasteiger partial charge in [0.25, 0.3) is 11.4 Å². The molecule has 0 aliphatic rings. The van der Waals surface area contributed by atoms with Crippen LogP contribution in [-0.2, 0) is 11.3 Å². The summed E-state index contributed by atoms with van der Waals surface area (Å²) in [5, 5.41) is 10.5. The molecule has 3 aromatic heterocycles. The second-order valence-electron chi connectivity index (χ2n) is 5.93. The molecule has 0 spiro atoms. The first-order chi connectivity index (χ1) is 14.1. The largest absolute Gasteiger partial charge is 0.332 e. The third-order valence-electron chi connectivity index (χ3n) is 3.85. The molecule has 29 heavy (non-hydrogen) atoms. The van der Waals surface area contributed by atoms with Gasteiger partial charge in [-0.05, 0) is 36.4 Å². The molecule has 3 heterocycles. The van der Waals surface area contributed by atoms with Gasteiger partial charge >= 0.3 is 0 Å².